The number of hydrogen-bond donors (Lipinski definition) is 2. The van der Waals surface area contributed by atoms with Crippen molar-refractivity contribution in [2.45, 2.75) is 31.6 Å². The summed E-state index contributed by atoms with van der Waals surface area (Å²) in [6.07, 6.45) is 4.79. The zero-order chi connectivity index (χ0) is 27.3. The predicted molar refractivity (Wildman–Crippen MR) is 144 cm³/mol. The number of piperidine rings is 1. The SMILES string of the molecule is CC/C=C(\C(=NC)OC)c1ccc2cnc(Nc3ccc(C4CCN(CCO)CC4(F)F)cc3OC)nn12. The lowest BCUT2D eigenvalue weighted by Crippen LogP contribution is -2.48. The number of aliphatic hydroxyl groups is 1. The lowest BCUT2D eigenvalue weighted by molar-refractivity contribution is -0.0847. The molecule has 0 spiro atoms. The van der Waals surface area contributed by atoms with Gasteiger partial charge in [-0.1, -0.05) is 19.1 Å². The fourth-order valence-corrected chi connectivity index (χ4v) is 4.89. The van der Waals surface area contributed by atoms with Crippen LogP contribution in [0.15, 0.2) is 47.6 Å². The Morgan fingerprint density at radius 3 is 2.76 bits per heavy atom. The summed E-state index contributed by atoms with van der Waals surface area (Å²) in [6.45, 7) is 2.26. The molecule has 1 aliphatic rings. The molecule has 2 aromatic heterocycles. The molecule has 1 saturated heterocycles. The Morgan fingerprint density at radius 1 is 1.29 bits per heavy atom. The first-order valence-electron chi connectivity index (χ1n) is 12.6. The van der Waals surface area contributed by atoms with Crippen molar-refractivity contribution >= 4 is 28.6 Å². The number of benzene rings is 1. The third-order valence-corrected chi connectivity index (χ3v) is 6.68. The molecule has 0 radical (unpaired) electrons. The number of rotatable bonds is 9. The molecule has 0 aliphatic carbocycles. The van der Waals surface area contributed by atoms with Gasteiger partial charge in [-0.05, 0) is 49.2 Å². The summed E-state index contributed by atoms with van der Waals surface area (Å²) in [5.41, 5.74) is 3.46. The summed E-state index contributed by atoms with van der Waals surface area (Å²) in [7, 11) is 4.75. The van der Waals surface area contributed by atoms with Crippen molar-refractivity contribution in [1.29, 1.82) is 0 Å². The zero-order valence-corrected chi connectivity index (χ0v) is 22.1. The first kappa shape index (κ1) is 27.5. The lowest BCUT2D eigenvalue weighted by Gasteiger charge is -2.38. The topological polar surface area (TPSA) is 96.5 Å². The van der Waals surface area contributed by atoms with Gasteiger partial charge in [-0.15, -0.1) is 5.10 Å². The second-order valence-corrected chi connectivity index (χ2v) is 9.08. The summed E-state index contributed by atoms with van der Waals surface area (Å²) < 4.78 is 42.7. The molecule has 1 aliphatic heterocycles. The monoisotopic (exact) mass is 528 g/mol. The van der Waals surface area contributed by atoms with E-state index < -0.39 is 11.8 Å². The van der Waals surface area contributed by atoms with Gasteiger partial charge in [-0.2, -0.15) is 0 Å². The molecule has 3 heterocycles. The Balaban J connectivity index is 1.62. The number of ether oxygens (including phenoxy) is 2. The van der Waals surface area contributed by atoms with E-state index in [0.29, 0.717) is 35.4 Å². The zero-order valence-electron chi connectivity index (χ0n) is 22.1. The van der Waals surface area contributed by atoms with Crippen LogP contribution in [0.2, 0.25) is 0 Å². The van der Waals surface area contributed by atoms with E-state index in [1.807, 2.05) is 25.1 Å². The number of anilines is 2. The number of methoxy groups -OCH3 is 2. The summed E-state index contributed by atoms with van der Waals surface area (Å²) in [5.74, 6) is -2.63. The number of aromatic nitrogens is 3. The highest BCUT2D eigenvalue weighted by Gasteiger charge is 2.45. The van der Waals surface area contributed by atoms with Gasteiger partial charge in [0, 0.05) is 13.6 Å². The number of aliphatic hydroxyl groups excluding tert-OH is 1. The number of nitrogens with zero attached hydrogens (tertiary/aromatic N) is 5. The van der Waals surface area contributed by atoms with Gasteiger partial charge in [-0.25, -0.2) is 18.3 Å². The van der Waals surface area contributed by atoms with E-state index in [2.05, 4.69) is 20.4 Å². The van der Waals surface area contributed by atoms with Crippen molar-refractivity contribution < 1.29 is 23.4 Å². The Kier molecular flexibility index (Phi) is 8.58. The van der Waals surface area contributed by atoms with Gasteiger partial charge < -0.3 is 19.9 Å². The number of β-amino-alcohol motifs (C(OH)–C–C–N with tert-alkyl or cyclic N) is 1. The molecule has 38 heavy (non-hydrogen) atoms. The van der Waals surface area contributed by atoms with Crippen LogP contribution in [0.3, 0.4) is 0 Å². The van der Waals surface area contributed by atoms with Crippen LogP contribution in [-0.2, 0) is 4.74 Å². The molecule has 204 valence electrons. The molecular formula is C27H34F2N6O3. The van der Waals surface area contributed by atoms with Crippen molar-refractivity contribution in [2.75, 3.05) is 52.8 Å². The minimum atomic E-state index is -2.92. The fourth-order valence-electron chi connectivity index (χ4n) is 4.89. The third-order valence-electron chi connectivity index (χ3n) is 6.68. The molecular weight excluding hydrogens is 494 g/mol. The number of likely N-dealkylation sites (tertiary alicyclic amines) is 1. The average molecular weight is 529 g/mol. The predicted octanol–water partition coefficient (Wildman–Crippen LogP) is 4.37. The first-order valence-corrected chi connectivity index (χ1v) is 12.6. The highest BCUT2D eigenvalue weighted by molar-refractivity contribution is 6.19. The molecule has 1 aromatic carbocycles. The number of nitrogens with one attached hydrogen (secondary N) is 1. The molecule has 9 nitrogen and oxygen atoms in total. The van der Waals surface area contributed by atoms with E-state index in [1.54, 1.807) is 48.0 Å². The van der Waals surface area contributed by atoms with Crippen LogP contribution in [0.5, 0.6) is 5.75 Å². The highest BCUT2D eigenvalue weighted by Crippen LogP contribution is 2.42. The molecule has 0 saturated carbocycles. The normalized spacial score (nSPS) is 18.6. The molecule has 0 amide bonds. The minimum absolute atomic E-state index is 0.136. The standard InChI is InChI=1S/C27H34F2N6O3/c1-5-6-20(25(30-2)38-4)23-10-8-19-16-31-26(33-35(19)23)32-22-9-7-18(15-24(22)37-3)21-11-12-34(13-14-36)17-27(21,28)29/h6-10,15-16,21,36H,5,11-14,17H2,1-4H3,(H,32,33)/b20-6-,30-25?. The first-order chi connectivity index (χ1) is 18.3. The second-order valence-electron chi connectivity index (χ2n) is 9.08. The van der Waals surface area contributed by atoms with E-state index in [0.717, 1.165) is 23.2 Å². The van der Waals surface area contributed by atoms with E-state index >= 15 is 0 Å². The van der Waals surface area contributed by atoms with Crippen LogP contribution >= 0.6 is 0 Å². The van der Waals surface area contributed by atoms with E-state index in [9.17, 15) is 8.78 Å². The van der Waals surface area contributed by atoms with Crippen molar-refractivity contribution in [3.05, 3.63) is 53.9 Å². The fraction of sp³-hybridized carbons (Fsp3) is 0.444. The largest absolute Gasteiger partial charge is 0.495 e. The van der Waals surface area contributed by atoms with Crippen LogP contribution in [0.25, 0.3) is 11.1 Å². The highest BCUT2D eigenvalue weighted by atomic mass is 19.3. The molecule has 11 heteroatoms. The van der Waals surface area contributed by atoms with Crippen LogP contribution in [-0.4, -0.2) is 83.9 Å². The number of halogens is 2. The van der Waals surface area contributed by atoms with Gasteiger partial charge in [0.05, 0.1) is 62.0 Å². The van der Waals surface area contributed by atoms with E-state index in [-0.39, 0.29) is 26.1 Å². The molecule has 4 rings (SSSR count). The lowest BCUT2D eigenvalue weighted by atomic mass is 9.86. The van der Waals surface area contributed by atoms with Gasteiger partial charge in [-0.3, -0.25) is 9.89 Å². The van der Waals surface area contributed by atoms with Gasteiger partial charge >= 0.3 is 0 Å². The van der Waals surface area contributed by atoms with Crippen LogP contribution in [0.1, 0.15) is 36.9 Å². The Labute approximate surface area is 220 Å². The van der Waals surface area contributed by atoms with Gasteiger partial charge in [0.15, 0.2) is 0 Å². The van der Waals surface area contributed by atoms with Crippen molar-refractivity contribution in [3.8, 4) is 5.75 Å². The maximum atomic E-state index is 15.0. The van der Waals surface area contributed by atoms with Crippen molar-refractivity contribution in [2.24, 2.45) is 4.99 Å². The van der Waals surface area contributed by atoms with E-state index in [4.69, 9.17) is 14.6 Å². The van der Waals surface area contributed by atoms with Crippen LogP contribution < -0.4 is 10.1 Å². The minimum Gasteiger partial charge on any atom is -0.495 e. The second kappa shape index (κ2) is 11.9. The number of alkyl halides is 2. The third kappa shape index (κ3) is 5.63. The molecule has 1 unspecified atom stereocenters. The maximum absolute atomic E-state index is 15.0. The number of allylic oxidation sites excluding steroid dienone is 1. The van der Waals surface area contributed by atoms with E-state index in [1.165, 1.54) is 7.11 Å². The Morgan fingerprint density at radius 2 is 2.11 bits per heavy atom. The summed E-state index contributed by atoms with van der Waals surface area (Å²) >= 11 is 0. The van der Waals surface area contributed by atoms with Crippen molar-refractivity contribution in [1.82, 2.24) is 19.5 Å². The number of fused-ring (bicyclic) bond motifs is 1. The molecule has 1 fully saturated rings. The van der Waals surface area contributed by atoms with Gasteiger partial charge in [0.2, 0.25) is 11.8 Å². The Hall–Kier alpha value is -3.57. The van der Waals surface area contributed by atoms with Crippen LogP contribution in [0.4, 0.5) is 20.4 Å². The van der Waals surface area contributed by atoms with Crippen molar-refractivity contribution in [3.63, 3.8) is 0 Å². The molecule has 2 N–H and O–H groups in total. The average Bonchev–Trinajstić information content (AvgIpc) is 3.32. The number of hydrogen-bond acceptors (Lipinski definition) is 8. The Bertz CT molecular complexity index is 1320. The molecule has 1 atom stereocenters. The van der Waals surface area contributed by atoms with Gasteiger partial charge in [0.25, 0.3) is 5.92 Å². The maximum Gasteiger partial charge on any atom is 0.267 e. The molecule has 3 aromatic rings. The van der Waals surface area contributed by atoms with Crippen LogP contribution in [0, 0.1) is 0 Å². The van der Waals surface area contributed by atoms with Gasteiger partial charge in [0.1, 0.15) is 5.75 Å². The summed E-state index contributed by atoms with van der Waals surface area (Å²) in [6, 6.07) is 8.89. The summed E-state index contributed by atoms with van der Waals surface area (Å²) in [5, 5.41) is 16.9. The summed E-state index contributed by atoms with van der Waals surface area (Å²) in [4.78, 5) is 10.3. The quantitative estimate of drug-likeness (QED) is 0.315. The number of aliphatic imine (C=N–C) groups is 1. The smallest absolute Gasteiger partial charge is 0.267 e. The molecule has 0 bridgehead atoms.